The number of carboxylic acids is 1. The largest absolute Gasteiger partial charge is 0.481 e. The van der Waals surface area contributed by atoms with Crippen LogP contribution in [0.25, 0.3) is 0 Å². The molecule has 0 radical (unpaired) electrons. The summed E-state index contributed by atoms with van der Waals surface area (Å²) in [5.74, 6) is -5.48. The van der Waals surface area contributed by atoms with Crippen molar-refractivity contribution in [2.75, 3.05) is 5.32 Å². The monoisotopic (exact) mass is 503 g/mol. The quantitative estimate of drug-likeness (QED) is 0.397. The molecule has 0 bridgehead atoms. The summed E-state index contributed by atoms with van der Waals surface area (Å²) < 4.78 is 40.8. The van der Waals surface area contributed by atoms with Crippen molar-refractivity contribution < 1.29 is 27.9 Å². The van der Waals surface area contributed by atoms with Gasteiger partial charge in [-0.25, -0.2) is 0 Å². The molecule has 33 heavy (non-hydrogen) atoms. The molecule has 0 spiro atoms. The van der Waals surface area contributed by atoms with Crippen LogP contribution in [0.3, 0.4) is 0 Å². The molecule has 0 aliphatic carbocycles. The number of anilines is 1. The Labute approximate surface area is 201 Å². The Morgan fingerprint density at radius 3 is 2.09 bits per heavy atom. The van der Waals surface area contributed by atoms with E-state index >= 15 is 0 Å². The van der Waals surface area contributed by atoms with Gasteiger partial charge in [-0.3, -0.25) is 9.59 Å². The van der Waals surface area contributed by atoms with Crippen molar-refractivity contribution in [2.45, 2.75) is 51.6 Å². The van der Waals surface area contributed by atoms with Crippen molar-refractivity contribution >= 4 is 40.8 Å². The van der Waals surface area contributed by atoms with Crippen molar-refractivity contribution in [1.82, 2.24) is 0 Å². The van der Waals surface area contributed by atoms with E-state index in [0.29, 0.717) is 10.6 Å². The normalized spacial score (nSPS) is 15.6. The Morgan fingerprint density at radius 2 is 1.61 bits per heavy atom. The number of alkyl halides is 3. The number of hydrogen-bond donors (Lipinski definition) is 2. The summed E-state index contributed by atoms with van der Waals surface area (Å²) >= 11 is 12.1. The van der Waals surface area contributed by atoms with Crippen LogP contribution in [0.4, 0.5) is 18.9 Å². The van der Waals surface area contributed by atoms with E-state index in [1.165, 1.54) is 36.4 Å². The third-order valence-electron chi connectivity index (χ3n) is 6.20. The second-order valence-corrected chi connectivity index (χ2v) is 9.53. The maximum Gasteiger partial charge on any atom is 0.392 e. The lowest BCUT2D eigenvalue weighted by atomic mass is 9.71. The lowest BCUT2D eigenvalue weighted by Crippen LogP contribution is -2.35. The molecule has 180 valence electrons. The molecular weight excluding hydrogens is 478 g/mol. The van der Waals surface area contributed by atoms with Gasteiger partial charge in [0.1, 0.15) is 0 Å². The van der Waals surface area contributed by atoms with Crippen LogP contribution in [-0.2, 0) is 15.0 Å². The molecule has 0 saturated heterocycles. The molecule has 0 saturated carbocycles. The van der Waals surface area contributed by atoms with Crippen molar-refractivity contribution in [2.24, 2.45) is 11.8 Å². The molecule has 4 nitrogen and oxygen atoms in total. The number of carbonyl (C=O) groups excluding carboxylic acids is 1. The number of amides is 1. The van der Waals surface area contributed by atoms with Gasteiger partial charge in [-0.05, 0) is 41.3 Å². The van der Waals surface area contributed by atoms with E-state index in [2.05, 4.69) is 5.32 Å². The minimum absolute atomic E-state index is 0.0783. The van der Waals surface area contributed by atoms with Crippen molar-refractivity contribution in [3.63, 3.8) is 0 Å². The lowest BCUT2D eigenvalue weighted by molar-refractivity contribution is -0.178. The molecule has 2 rings (SSSR count). The summed E-state index contributed by atoms with van der Waals surface area (Å²) in [6.45, 7) is 6.47. The fourth-order valence-corrected chi connectivity index (χ4v) is 3.96. The Hall–Kier alpha value is -2.25. The van der Waals surface area contributed by atoms with Gasteiger partial charge in [0.2, 0.25) is 5.91 Å². The Bertz CT molecular complexity index is 1010. The lowest BCUT2D eigenvalue weighted by Gasteiger charge is -2.33. The Balaban J connectivity index is 2.48. The van der Waals surface area contributed by atoms with Gasteiger partial charge in [0.15, 0.2) is 0 Å². The summed E-state index contributed by atoms with van der Waals surface area (Å²) in [4.78, 5) is 24.6. The van der Waals surface area contributed by atoms with E-state index in [9.17, 15) is 27.9 Å². The van der Waals surface area contributed by atoms with Gasteiger partial charge in [0, 0.05) is 10.4 Å². The number of benzene rings is 2. The van der Waals surface area contributed by atoms with Crippen molar-refractivity contribution in [1.29, 1.82) is 0 Å². The van der Waals surface area contributed by atoms with Gasteiger partial charge in [-0.2, -0.15) is 13.2 Å². The number of nitrogens with one attached hydrogen (secondary N) is 1. The van der Waals surface area contributed by atoms with Gasteiger partial charge in [-0.15, -0.1) is 0 Å². The van der Waals surface area contributed by atoms with Crippen molar-refractivity contribution in [3.8, 4) is 0 Å². The molecule has 0 heterocycles. The molecule has 1 amide bonds. The molecule has 0 aromatic heterocycles. The second kappa shape index (κ2) is 10.3. The standard InChI is InChI=1S/C24H26Cl2F3NO3/c1-13(2)23(4,12-20(31)32)16-7-10-18(26)19(11-16)30-22(33)21(14(3)24(27,28)29)15-5-8-17(25)9-6-15/h5-11,13-14,21H,12H2,1-4H3,(H,30,33)(H,31,32). The van der Waals surface area contributed by atoms with E-state index in [4.69, 9.17) is 23.2 Å². The molecule has 2 aromatic carbocycles. The highest BCUT2D eigenvalue weighted by Crippen LogP contribution is 2.41. The van der Waals surface area contributed by atoms with Crippen molar-refractivity contribution in [3.05, 3.63) is 63.6 Å². The van der Waals surface area contributed by atoms with Crippen LogP contribution < -0.4 is 5.32 Å². The van der Waals surface area contributed by atoms with E-state index in [0.717, 1.165) is 6.92 Å². The molecule has 0 aliphatic heterocycles. The summed E-state index contributed by atoms with van der Waals surface area (Å²) in [5, 5.41) is 12.4. The zero-order chi connectivity index (χ0) is 25.1. The van der Waals surface area contributed by atoms with Crippen LogP contribution in [0.15, 0.2) is 42.5 Å². The highest BCUT2D eigenvalue weighted by Gasteiger charge is 2.45. The topological polar surface area (TPSA) is 66.4 Å². The van der Waals surface area contributed by atoms with Crippen LogP contribution in [0.5, 0.6) is 0 Å². The third kappa shape index (κ3) is 6.42. The van der Waals surface area contributed by atoms with Gasteiger partial charge in [0.25, 0.3) is 0 Å². The first kappa shape index (κ1) is 27.0. The highest BCUT2D eigenvalue weighted by molar-refractivity contribution is 6.33. The summed E-state index contributed by atoms with van der Waals surface area (Å²) in [6.07, 6.45) is -4.79. The fraction of sp³-hybridized carbons (Fsp3) is 0.417. The zero-order valence-corrected chi connectivity index (χ0v) is 20.1. The van der Waals surface area contributed by atoms with Crippen LogP contribution in [0, 0.1) is 11.8 Å². The first-order valence-corrected chi connectivity index (χ1v) is 11.1. The van der Waals surface area contributed by atoms with E-state index in [1.54, 1.807) is 13.0 Å². The molecule has 9 heteroatoms. The molecular formula is C24H26Cl2F3NO3. The number of carbonyl (C=O) groups is 2. The van der Waals surface area contributed by atoms with Crippen LogP contribution >= 0.6 is 23.2 Å². The van der Waals surface area contributed by atoms with Gasteiger partial charge < -0.3 is 10.4 Å². The first-order valence-electron chi connectivity index (χ1n) is 10.3. The summed E-state index contributed by atoms with van der Waals surface area (Å²) in [7, 11) is 0. The second-order valence-electron chi connectivity index (χ2n) is 8.69. The Morgan fingerprint density at radius 1 is 1.03 bits per heavy atom. The first-order chi connectivity index (χ1) is 15.2. The predicted octanol–water partition coefficient (Wildman–Crippen LogP) is 7.30. The smallest absolute Gasteiger partial charge is 0.392 e. The van der Waals surface area contributed by atoms with E-state index in [-0.39, 0.29) is 28.6 Å². The molecule has 0 fully saturated rings. The van der Waals surface area contributed by atoms with Gasteiger partial charge in [0.05, 0.1) is 29.0 Å². The van der Waals surface area contributed by atoms with Crippen LogP contribution in [0.2, 0.25) is 10.0 Å². The van der Waals surface area contributed by atoms with E-state index < -0.39 is 35.3 Å². The maximum absolute atomic E-state index is 13.6. The fourth-order valence-electron chi connectivity index (χ4n) is 3.67. The minimum atomic E-state index is -4.62. The van der Waals surface area contributed by atoms with E-state index in [1.807, 2.05) is 13.8 Å². The van der Waals surface area contributed by atoms with Crippen LogP contribution in [-0.4, -0.2) is 23.2 Å². The van der Waals surface area contributed by atoms with Gasteiger partial charge >= 0.3 is 12.1 Å². The van der Waals surface area contributed by atoms with Gasteiger partial charge in [-0.1, -0.05) is 69.1 Å². The number of aliphatic carboxylic acids is 1. The average Bonchev–Trinajstić information content (AvgIpc) is 2.69. The molecule has 0 aliphatic rings. The highest BCUT2D eigenvalue weighted by atomic mass is 35.5. The Kier molecular flexibility index (Phi) is 8.47. The molecule has 3 atom stereocenters. The van der Waals surface area contributed by atoms with Crippen LogP contribution in [0.1, 0.15) is 51.2 Å². The molecule has 2 N–H and O–H groups in total. The number of carboxylic acid groups (broad SMARTS) is 1. The SMILES string of the molecule is CC(C(C(=O)Nc1cc(C(C)(CC(=O)O)C(C)C)ccc1Cl)c1ccc(Cl)cc1)C(F)(F)F. The summed E-state index contributed by atoms with van der Waals surface area (Å²) in [5.41, 5.74) is 0.0910. The minimum Gasteiger partial charge on any atom is -0.481 e. The molecule has 2 aromatic rings. The molecule has 3 unspecified atom stereocenters. The maximum atomic E-state index is 13.6. The third-order valence-corrected chi connectivity index (χ3v) is 6.79. The number of halogens is 5. The predicted molar refractivity (Wildman–Crippen MR) is 124 cm³/mol. The zero-order valence-electron chi connectivity index (χ0n) is 18.6. The average molecular weight is 504 g/mol. The summed E-state index contributed by atoms with van der Waals surface area (Å²) in [6, 6.07) is 10.3. The number of hydrogen-bond acceptors (Lipinski definition) is 2. The number of rotatable bonds is 8.